The number of hydrogen-bond donors (Lipinski definition) is 2. The summed E-state index contributed by atoms with van der Waals surface area (Å²) in [5.74, 6) is 0.962. The molecule has 0 spiro atoms. The van der Waals surface area contributed by atoms with Crippen molar-refractivity contribution in [3.8, 4) is 11.5 Å². The molecule has 160 valence electrons. The summed E-state index contributed by atoms with van der Waals surface area (Å²) in [6, 6.07) is 10.9. The fraction of sp³-hybridized carbons (Fsp3) is 0.391. The predicted molar refractivity (Wildman–Crippen MR) is 118 cm³/mol. The number of anilines is 1. The summed E-state index contributed by atoms with van der Waals surface area (Å²) in [4.78, 5) is 0.343. The van der Waals surface area contributed by atoms with Crippen molar-refractivity contribution >= 4 is 15.7 Å². The average molecular weight is 429 g/mol. The van der Waals surface area contributed by atoms with Gasteiger partial charge in [0, 0.05) is 24.7 Å². The van der Waals surface area contributed by atoms with Gasteiger partial charge in [0.15, 0.2) is 11.5 Å². The summed E-state index contributed by atoms with van der Waals surface area (Å²) in [6.45, 7) is 4.61. The molecule has 1 aliphatic carbocycles. The van der Waals surface area contributed by atoms with Crippen LogP contribution < -0.4 is 10.1 Å². The van der Waals surface area contributed by atoms with Crippen molar-refractivity contribution in [1.82, 2.24) is 4.31 Å². The van der Waals surface area contributed by atoms with Crippen molar-refractivity contribution in [1.29, 1.82) is 0 Å². The third kappa shape index (κ3) is 3.36. The number of nitrogens with one attached hydrogen (secondary N) is 1. The van der Waals surface area contributed by atoms with Crippen molar-refractivity contribution in [2.45, 2.75) is 37.1 Å². The predicted octanol–water partition coefficient (Wildman–Crippen LogP) is 4.26. The molecule has 7 heteroatoms. The van der Waals surface area contributed by atoms with Gasteiger partial charge in [0.1, 0.15) is 0 Å². The molecule has 0 saturated heterocycles. The van der Waals surface area contributed by atoms with E-state index in [1.165, 1.54) is 4.31 Å². The lowest BCUT2D eigenvalue weighted by Crippen LogP contribution is -2.32. The van der Waals surface area contributed by atoms with E-state index < -0.39 is 10.0 Å². The first-order valence-electron chi connectivity index (χ1n) is 10.3. The number of methoxy groups -OCH3 is 1. The van der Waals surface area contributed by atoms with Crippen LogP contribution in [0.3, 0.4) is 0 Å². The first-order chi connectivity index (χ1) is 14.4. The van der Waals surface area contributed by atoms with Gasteiger partial charge in [-0.1, -0.05) is 32.1 Å². The molecule has 0 bridgehead atoms. The lowest BCUT2D eigenvalue weighted by molar-refractivity contribution is 0.370. The lowest BCUT2D eigenvalue weighted by Gasteiger charge is -2.38. The summed E-state index contributed by atoms with van der Waals surface area (Å²) in [7, 11) is -1.96. The Morgan fingerprint density at radius 3 is 2.63 bits per heavy atom. The summed E-state index contributed by atoms with van der Waals surface area (Å²) >= 11 is 0. The second kappa shape index (κ2) is 7.96. The Morgan fingerprint density at radius 1 is 1.17 bits per heavy atom. The van der Waals surface area contributed by atoms with Crippen LogP contribution in [0.15, 0.2) is 53.4 Å². The standard InChI is InChI=1S/C23H28N2O4S/c1-4-25(5-2)30(27,28)16-10-11-20-19(14-16)17-7-6-8-18(17)23(24-20)15-9-12-21(26)22(13-15)29-3/h6-7,9-14,17-18,23-24,26H,4-5,8H2,1-3H3. The molecule has 2 aromatic carbocycles. The zero-order valence-electron chi connectivity index (χ0n) is 17.5. The van der Waals surface area contributed by atoms with Crippen LogP contribution in [0, 0.1) is 5.92 Å². The van der Waals surface area contributed by atoms with Crippen LogP contribution in [0.2, 0.25) is 0 Å². The van der Waals surface area contributed by atoms with Gasteiger partial charge in [0.25, 0.3) is 0 Å². The zero-order valence-corrected chi connectivity index (χ0v) is 18.3. The normalized spacial score (nSPS) is 22.5. The topological polar surface area (TPSA) is 78.9 Å². The van der Waals surface area contributed by atoms with Crippen LogP contribution in [0.4, 0.5) is 5.69 Å². The van der Waals surface area contributed by atoms with E-state index in [4.69, 9.17) is 4.74 Å². The Labute approximate surface area is 178 Å². The minimum Gasteiger partial charge on any atom is -0.504 e. The Hall–Kier alpha value is -2.51. The maximum atomic E-state index is 13.0. The van der Waals surface area contributed by atoms with E-state index in [9.17, 15) is 13.5 Å². The fourth-order valence-electron chi connectivity index (χ4n) is 4.66. The lowest BCUT2D eigenvalue weighted by atomic mass is 9.77. The molecule has 0 saturated carbocycles. The molecule has 0 radical (unpaired) electrons. The van der Waals surface area contributed by atoms with E-state index in [0.29, 0.717) is 23.7 Å². The highest BCUT2D eigenvalue weighted by atomic mass is 32.2. The molecular weight excluding hydrogens is 400 g/mol. The number of benzene rings is 2. The van der Waals surface area contributed by atoms with E-state index in [1.54, 1.807) is 19.2 Å². The zero-order chi connectivity index (χ0) is 21.5. The summed E-state index contributed by atoms with van der Waals surface area (Å²) in [6.07, 6.45) is 5.25. The first-order valence-corrected chi connectivity index (χ1v) is 11.8. The average Bonchev–Trinajstić information content (AvgIpc) is 3.24. The Kier molecular flexibility index (Phi) is 5.51. The molecule has 0 aromatic heterocycles. The molecule has 30 heavy (non-hydrogen) atoms. The van der Waals surface area contributed by atoms with Gasteiger partial charge in [-0.05, 0) is 53.8 Å². The number of hydrogen-bond acceptors (Lipinski definition) is 5. The van der Waals surface area contributed by atoms with Gasteiger partial charge in [0.2, 0.25) is 10.0 Å². The van der Waals surface area contributed by atoms with Gasteiger partial charge in [0.05, 0.1) is 18.0 Å². The molecule has 3 unspecified atom stereocenters. The van der Waals surface area contributed by atoms with Gasteiger partial charge in [-0.2, -0.15) is 4.31 Å². The van der Waals surface area contributed by atoms with Gasteiger partial charge >= 0.3 is 0 Å². The molecule has 6 nitrogen and oxygen atoms in total. The number of phenols is 1. The van der Waals surface area contributed by atoms with Crippen LogP contribution in [0.1, 0.15) is 43.4 Å². The van der Waals surface area contributed by atoms with Crippen molar-refractivity contribution in [2.24, 2.45) is 5.92 Å². The van der Waals surface area contributed by atoms with Gasteiger partial charge in [-0.15, -0.1) is 0 Å². The number of rotatable bonds is 6. The molecular formula is C23H28N2O4S. The minimum absolute atomic E-state index is 0.0391. The van der Waals surface area contributed by atoms with Crippen LogP contribution >= 0.6 is 0 Å². The van der Waals surface area contributed by atoms with E-state index >= 15 is 0 Å². The highest BCUT2D eigenvalue weighted by molar-refractivity contribution is 7.89. The number of sulfonamides is 1. The molecule has 0 fully saturated rings. The number of ether oxygens (including phenoxy) is 1. The van der Waals surface area contributed by atoms with Crippen molar-refractivity contribution in [3.05, 3.63) is 59.7 Å². The van der Waals surface area contributed by atoms with Crippen LogP contribution in [-0.4, -0.2) is 38.0 Å². The second-order valence-corrected chi connectivity index (χ2v) is 9.68. The minimum atomic E-state index is -3.51. The molecule has 3 atom stereocenters. The SMILES string of the molecule is CCN(CC)S(=O)(=O)c1ccc2c(c1)C1C=CCC1C(c1ccc(O)c(OC)c1)N2. The molecule has 2 aliphatic rings. The fourth-order valence-corrected chi connectivity index (χ4v) is 6.16. The van der Waals surface area contributed by atoms with Crippen LogP contribution in [0.5, 0.6) is 11.5 Å². The number of nitrogens with zero attached hydrogens (tertiary/aromatic N) is 1. The first kappa shape index (κ1) is 20.8. The smallest absolute Gasteiger partial charge is 0.243 e. The quantitative estimate of drug-likeness (QED) is 0.672. The van der Waals surface area contributed by atoms with E-state index in [1.807, 2.05) is 38.1 Å². The van der Waals surface area contributed by atoms with Gasteiger partial charge < -0.3 is 15.2 Å². The van der Waals surface area contributed by atoms with Crippen LogP contribution in [0.25, 0.3) is 0 Å². The maximum absolute atomic E-state index is 13.0. The Morgan fingerprint density at radius 2 is 1.93 bits per heavy atom. The largest absolute Gasteiger partial charge is 0.504 e. The monoisotopic (exact) mass is 428 g/mol. The summed E-state index contributed by atoms with van der Waals surface area (Å²) in [5, 5.41) is 13.6. The van der Waals surface area contributed by atoms with E-state index in [-0.39, 0.29) is 23.6 Å². The number of aromatic hydroxyl groups is 1. The maximum Gasteiger partial charge on any atom is 0.243 e. The number of phenolic OH excluding ortho intramolecular Hbond substituents is 1. The molecule has 1 heterocycles. The molecule has 4 rings (SSSR count). The molecule has 2 aromatic rings. The van der Waals surface area contributed by atoms with Crippen LogP contribution in [-0.2, 0) is 10.0 Å². The number of allylic oxidation sites excluding steroid dienone is 2. The molecule has 2 N–H and O–H groups in total. The molecule has 1 aliphatic heterocycles. The van der Waals surface area contributed by atoms with Crippen molar-refractivity contribution in [3.63, 3.8) is 0 Å². The van der Waals surface area contributed by atoms with Crippen molar-refractivity contribution in [2.75, 3.05) is 25.5 Å². The molecule has 0 amide bonds. The second-order valence-electron chi connectivity index (χ2n) is 7.75. The van der Waals surface area contributed by atoms with Crippen molar-refractivity contribution < 1.29 is 18.3 Å². The van der Waals surface area contributed by atoms with E-state index in [0.717, 1.165) is 23.2 Å². The van der Waals surface area contributed by atoms with E-state index in [2.05, 4.69) is 17.5 Å². The van der Waals surface area contributed by atoms with Gasteiger partial charge in [-0.25, -0.2) is 8.42 Å². The third-order valence-electron chi connectivity index (χ3n) is 6.24. The van der Waals surface area contributed by atoms with Gasteiger partial charge in [-0.3, -0.25) is 0 Å². The Bertz CT molecular complexity index is 1080. The summed E-state index contributed by atoms with van der Waals surface area (Å²) in [5.41, 5.74) is 3.00. The number of fused-ring (bicyclic) bond motifs is 3. The Balaban J connectivity index is 1.74. The highest BCUT2D eigenvalue weighted by Gasteiger charge is 2.39. The summed E-state index contributed by atoms with van der Waals surface area (Å²) < 4.78 is 32.8. The highest BCUT2D eigenvalue weighted by Crippen LogP contribution is 2.50. The third-order valence-corrected chi connectivity index (χ3v) is 8.29.